The van der Waals surface area contributed by atoms with Crippen molar-refractivity contribution >= 4 is 10.0 Å². The SMILES string of the molecule is COc1ccc(C)cc1S(=O)(=O)N1CC[C@H](Oc2ccncc2)C1. The van der Waals surface area contributed by atoms with E-state index in [4.69, 9.17) is 9.47 Å². The van der Waals surface area contributed by atoms with Crippen molar-refractivity contribution in [2.24, 2.45) is 0 Å². The third-order valence-corrected chi connectivity index (χ3v) is 5.88. The average Bonchev–Trinajstić information content (AvgIpc) is 3.05. The highest BCUT2D eigenvalue weighted by molar-refractivity contribution is 7.89. The average molecular weight is 348 g/mol. The maximum atomic E-state index is 12.9. The molecule has 1 atom stereocenters. The van der Waals surface area contributed by atoms with Crippen molar-refractivity contribution in [1.29, 1.82) is 0 Å². The van der Waals surface area contributed by atoms with Crippen molar-refractivity contribution in [1.82, 2.24) is 9.29 Å². The van der Waals surface area contributed by atoms with Crippen LogP contribution in [-0.4, -0.2) is 44.0 Å². The molecule has 1 fully saturated rings. The van der Waals surface area contributed by atoms with Crippen molar-refractivity contribution in [2.75, 3.05) is 20.2 Å². The topological polar surface area (TPSA) is 68.7 Å². The molecule has 0 saturated carbocycles. The monoisotopic (exact) mass is 348 g/mol. The van der Waals surface area contributed by atoms with Crippen molar-refractivity contribution in [3.63, 3.8) is 0 Å². The number of aromatic nitrogens is 1. The van der Waals surface area contributed by atoms with Crippen molar-refractivity contribution in [2.45, 2.75) is 24.3 Å². The molecule has 1 aromatic heterocycles. The van der Waals surface area contributed by atoms with Gasteiger partial charge in [-0.3, -0.25) is 4.98 Å². The van der Waals surface area contributed by atoms with E-state index in [0.717, 1.165) is 5.56 Å². The summed E-state index contributed by atoms with van der Waals surface area (Å²) in [7, 11) is -2.14. The molecule has 24 heavy (non-hydrogen) atoms. The summed E-state index contributed by atoms with van der Waals surface area (Å²) in [5.41, 5.74) is 0.873. The lowest BCUT2D eigenvalue weighted by Gasteiger charge is -2.19. The van der Waals surface area contributed by atoms with Crippen LogP contribution in [0.5, 0.6) is 11.5 Å². The second kappa shape index (κ2) is 6.78. The number of methoxy groups -OCH3 is 1. The van der Waals surface area contributed by atoms with Gasteiger partial charge in [0.2, 0.25) is 10.0 Å². The van der Waals surface area contributed by atoms with Crippen LogP contribution < -0.4 is 9.47 Å². The van der Waals surface area contributed by atoms with Gasteiger partial charge in [0.15, 0.2) is 0 Å². The molecule has 1 aliphatic heterocycles. The predicted octanol–water partition coefficient (Wildman–Crippen LogP) is 2.24. The van der Waals surface area contributed by atoms with Gasteiger partial charge in [-0.05, 0) is 43.2 Å². The maximum Gasteiger partial charge on any atom is 0.246 e. The van der Waals surface area contributed by atoms with Gasteiger partial charge in [-0.15, -0.1) is 0 Å². The van der Waals surface area contributed by atoms with Gasteiger partial charge < -0.3 is 9.47 Å². The number of rotatable bonds is 5. The summed E-state index contributed by atoms with van der Waals surface area (Å²) in [4.78, 5) is 4.14. The minimum absolute atomic E-state index is 0.169. The lowest BCUT2D eigenvalue weighted by Crippen LogP contribution is -2.31. The minimum atomic E-state index is -3.61. The first-order chi connectivity index (χ1) is 11.5. The zero-order chi connectivity index (χ0) is 17.2. The Labute approximate surface area is 142 Å². The second-order valence-corrected chi connectivity index (χ2v) is 7.64. The summed E-state index contributed by atoms with van der Waals surface area (Å²) in [5.74, 6) is 1.06. The number of ether oxygens (including phenoxy) is 2. The number of sulfonamides is 1. The Hall–Kier alpha value is -2.12. The molecular weight excluding hydrogens is 328 g/mol. The molecule has 0 aliphatic carbocycles. The van der Waals surface area contributed by atoms with Crippen LogP contribution in [0.4, 0.5) is 0 Å². The highest BCUT2D eigenvalue weighted by Gasteiger charge is 2.35. The summed E-state index contributed by atoms with van der Waals surface area (Å²) in [6.45, 7) is 2.61. The Kier molecular flexibility index (Phi) is 4.73. The van der Waals surface area contributed by atoms with Gasteiger partial charge in [0.05, 0.1) is 13.7 Å². The molecule has 0 bridgehead atoms. The molecule has 2 heterocycles. The summed E-state index contributed by atoms with van der Waals surface area (Å²) in [6, 6.07) is 8.69. The molecule has 0 amide bonds. The van der Waals surface area contributed by atoms with Gasteiger partial charge in [0.25, 0.3) is 0 Å². The molecular formula is C17H20N2O4S. The maximum absolute atomic E-state index is 12.9. The molecule has 3 rings (SSSR count). The highest BCUT2D eigenvalue weighted by atomic mass is 32.2. The van der Waals surface area contributed by atoms with Crippen LogP contribution in [-0.2, 0) is 10.0 Å². The van der Waals surface area contributed by atoms with Crippen molar-refractivity contribution in [3.8, 4) is 11.5 Å². The zero-order valence-electron chi connectivity index (χ0n) is 13.7. The standard InChI is InChI=1S/C17H20N2O4S/c1-13-3-4-16(22-2)17(11-13)24(20,21)19-10-7-15(12-19)23-14-5-8-18-9-6-14/h3-6,8-9,11,15H,7,10,12H2,1-2H3/t15-/m0/s1. The predicted molar refractivity (Wildman–Crippen MR) is 89.8 cm³/mol. The van der Waals surface area contributed by atoms with Gasteiger partial charge in [-0.25, -0.2) is 8.42 Å². The largest absolute Gasteiger partial charge is 0.495 e. The Morgan fingerprint density at radius 3 is 2.67 bits per heavy atom. The number of benzene rings is 1. The Balaban J connectivity index is 1.78. The first-order valence-corrected chi connectivity index (χ1v) is 9.16. The van der Waals surface area contributed by atoms with E-state index in [9.17, 15) is 8.42 Å². The van der Waals surface area contributed by atoms with Gasteiger partial charge in [0.1, 0.15) is 22.5 Å². The molecule has 6 nitrogen and oxygen atoms in total. The lowest BCUT2D eigenvalue weighted by atomic mass is 10.2. The van der Waals surface area contributed by atoms with E-state index < -0.39 is 10.0 Å². The molecule has 7 heteroatoms. The molecule has 1 saturated heterocycles. The third kappa shape index (κ3) is 3.37. The molecule has 2 aromatic rings. The molecule has 0 radical (unpaired) electrons. The van der Waals surface area contributed by atoms with E-state index in [1.165, 1.54) is 11.4 Å². The first-order valence-electron chi connectivity index (χ1n) is 7.72. The van der Waals surface area contributed by atoms with E-state index in [1.54, 1.807) is 36.7 Å². The second-order valence-electron chi connectivity index (χ2n) is 5.73. The van der Waals surface area contributed by atoms with E-state index in [1.807, 2.05) is 13.0 Å². The van der Waals surface area contributed by atoms with Crippen LogP contribution in [0.25, 0.3) is 0 Å². The summed E-state index contributed by atoms with van der Waals surface area (Å²) < 4.78 is 38.4. The smallest absolute Gasteiger partial charge is 0.246 e. The number of nitrogens with zero attached hydrogens (tertiary/aromatic N) is 2. The van der Waals surface area contributed by atoms with Crippen LogP contribution in [0, 0.1) is 6.92 Å². The summed E-state index contributed by atoms with van der Waals surface area (Å²) in [5, 5.41) is 0. The molecule has 0 spiro atoms. The Bertz CT molecular complexity index is 809. The minimum Gasteiger partial charge on any atom is -0.495 e. The molecule has 1 aliphatic rings. The van der Waals surface area contributed by atoms with Crippen LogP contribution in [0.1, 0.15) is 12.0 Å². The lowest BCUT2D eigenvalue weighted by molar-refractivity contribution is 0.215. The number of pyridine rings is 1. The van der Waals surface area contributed by atoms with Gasteiger partial charge >= 0.3 is 0 Å². The molecule has 0 N–H and O–H groups in total. The van der Waals surface area contributed by atoms with E-state index in [0.29, 0.717) is 31.0 Å². The van der Waals surface area contributed by atoms with Gasteiger partial charge in [-0.2, -0.15) is 4.31 Å². The van der Waals surface area contributed by atoms with E-state index in [-0.39, 0.29) is 11.0 Å². The number of hydrogen-bond acceptors (Lipinski definition) is 5. The van der Waals surface area contributed by atoms with Crippen LogP contribution in [0.3, 0.4) is 0 Å². The van der Waals surface area contributed by atoms with E-state index >= 15 is 0 Å². The third-order valence-electron chi connectivity index (χ3n) is 4.00. The van der Waals surface area contributed by atoms with Gasteiger partial charge in [0, 0.05) is 18.9 Å². The van der Waals surface area contributed by atoms with Crippen LogP contribution in [0.15, 0.2) is 47.6 Å². The van der Waals surface area contributed by atoms with E-state index in [2.05, 4.69) is 4.98 Å². The van der Waals surface area contributed by atoms with Crippen molar-refractivity contribution in [3.05, 3.63) is 48.3 Å². The van der Waals surface area contributed by atoms with Crippen molar-refractivity contribution < 1.29 is 17.9 Å². The Morgan fingerprint density at radius 1 is 1.21 bits per heavy atom. The zero-order valence-corrected chi connectivity index (χ0v) is 14.5. The van der Waals surface area contributed by atoms with Gasteiger partial charge in [-0.1, -0.05) is 6.07 Å². The quantitative estimate of drug-likeness (QED) is 0.829. The van der Waals surface area contributed by atoms with Crippen LogP contribution >= 0.6 is 0 Å². The fourth-order valence-electron chi connectivity index (χ4n) is 2.75. The highest BCUT2D eigenvalue weighted by Crippen LogP contribution is 2.30. The number of aryl methyl sites for hydroxylation is 1. The van der Waals surface area contributed by atoms with Crippen LogP contribution in [0.2, 0.25) is 0 Å². The fourth-order valence-corrected chi connectivity index (χ4v) is 4.47. The molecule has 0 unspecified atom stereocenters. The fraction of sp³-hybridized carbons (Fsp3) is 0.353. The Morgan fingerprint density at radius 2 is 1.96 bits per heavy atom. The number of hydrogen-bond donors (Lipinski definition) is 0. The molecule has 1 aromatic carbocycles. The summed E-state index contributed by atoms with van der Waals surface area (Å²) >= 11 is 0. The first kappa shape index (κ1) is 16.7. The summed E-state index contributed by atoms with van der Waals surface area (Å²) in [6.07, 6.45) is 3.78. The molecule has 128 valence electrons. The normalized spacial score (nSPS) is 18.5.